The van der Waals surface area contributed by atoms with Gasteiger partial charge in [0.2, 0.25) is 0 Å². The van der Waals surface area contributed by atoms with Crippen molar-refractivity contribution >= 4 is 18.0 Å². The molecule has 0 radical (unpaired) electrons. The van der Waals surface area contributed by atoms with Gasteiger partial charge in [-0.1, -0.05) is 38.5 Å². The van der Waals surface area contributed by atoms with Crippen LogP contribution in [0.2, 0.25) is 0 Å². The second kappa shape index (κ2) is 24.1. The number of likely N-dealkylation sites (N-methyl/N-ethyl adjacent to an activating group) is 1. The first-order chi connectivity index (χ1) is 30.1. The third-order valence-corrected chi connectivity index (χ3v) is 13.4. The molecule has 0 aromatic carbocycles. The lowest BCUT2D eigenvalue weighted by atomic mass is 9.79. The van der Waals surface area contributed by atoms with E-state index in [2.05, 4.69) is 0 Å². The molecule has 4 rings (SSSR count). The second-order valence-corrected chi connectivity index (χ2v) is 18.7. The Hall–Kier alpha value is -2.27. The highest BCUT2D eigenvalue weighted by Gasteiger charge is 2.52. The van der Waals surface area contributed by atoms with Crippen molar-refractivity contribution < 1.29 is 82.5 Å². The molecule has 0 bridgehead atoms. The van der Waals surface area contributed by atoms with E-state index in [1.807, 2.05) is 19.9 Å². The summed E-state index contributed by atoms with van der Waals surface area (Å²) >= 11 is 0. The van der Waals surface area contributed by atoms with Gasteiger partial charge >= 0.3 is 5.97 Å². The normalized spacial score (nSPS) is 45.9. The standard InChI is InChI=1S/C46H77NO17/c1-13-33-30(22-58-45-42(57-12)41(56-11)37(52)26(5)60-45)18-23(2)14-15-31(49)24(3)19-29(16-17-48)39(25(4)32(50)20-34(51)62-33)64-44-38(53)36(47(9)10)40(27(6)61-44)63-35-21-46(8,55)43(54)28(7)59-35/h14-15,17-18,24-30,32-33,35-45,50,52-55H,13,16,19-22H2,1-12H3/b15-14+,23-18+/t24-,25+,26?,27?,28?,29+,30-,32-,33-,35+,36?,37+,38?,39-,40+,41+,42?,43+,44+,45-,46?/m1/s1. The van der Waals surface area contributed by atoms with E-state index in [4.69, 9.17) is 42.6 Å². The molecule has 64 heavy (non-hydrogen) atoms. The monoisotopic (exact) mass is 916 g/mol. The van der Waals surface area contributed by atoms with Crippen molar-refractivity contribution in [1.29, 1.82) is 0 Å². The van der Waals surface area contributed by atoms with Gasteiger partial charge in [0.05, 0.1) is 55.2 Å². The number of esters is 1. The molecule has 4 aliphatic heterocycles. The smallest absolute Gasteiger partial charge is 0.308 e. The molecule has 0 aromatic rings. The summed E-state index contributed by atoms with van der Waals surface area (Å²) in [5, 5.41) is 55.8. The topological polar surface area (TPSA) is 239 Å². The van der Waals surface area contributed by atoms with Gasteiger partial charge in [0, 0.05) is 44.8 Å². The molecule has 7 unspecified atom stereocenters. The van der Waals surface area contributed by atoms with Crippen LogP contribution in [-0.2, 0) is 57.0 Å². The first-order valence-corrected chi connectivity index (χ1v) is 22.7. The van der Waals surface area contributed by atoms with Crippen LogP contribution in [0.15, 0.2) is 23.8 Å². The van der Waals surface area contributed by atoms with Gasteiger partial charge in [-0.2, -0.15) is 0 Å². The number of carbonyl (C=O) groups is 3. The van der Waals surface area contributed by atoms with Crippen molar-refractivity contribution in [1.82, 2.24) is 4.90 Å². The zero-order chi connectivity index (χ0) is 47.8. The summed E-state index contributed by atoms with van der Waals surface area (Å²) in [4.78, 5) is 41.5. The summed E-state index contributed by atoms with van der Waals surface area (Å²) < 4.78 is 54.7. The highest BCUT2D eigenvalue weighted by Crippen LogP contribution is 2.37. The van der Waals surface area contributed by atoms with Crippen LogP contribution in [0.25, 0.3) is 0 Å². The van der Waals surface area contributed by atoms with E-state index in [1.165, 1.54) is 27.2 Å². The third-order valence-electron chi connectivity index (χ3n) is 13.4. The molecule has 368 valence electrons. The maximum atomic E-state index is 13.8. The van der Waals surface area contributed by atoms with E-state index in [1.54, 1.807) is 59.7 Å². The van der Waals surface area contributed by atoms with Crippen LogP contribution in [0, 0.1) is 23.7 Å². The molecule has 0 spiro atoms. The van der Waals surface area contributed by atoms with Crippen molar-refractivity contribution in [3.05, 3.63) is 23.8 Å². The van der Waals surface area contributed by atoms with Crippen molar-refractivity contribution in [3.8, 4) is 0 Å². The lowest BCUT2D eigenvalue weighted by molar-refractivity contribution is -0.341. The van der Waals surface area contributed by atoms with Gasteiger partial charge in [0.1, 0.15) is 49.0 Å². The number of aldehydes is 1. The Bertz CT molecular complexity index is 1560. The fourth-order valence-electron chi connectivity index (χ4n) is 9.51. The first-order valence-electron chi connectivity index (χ1n) is 22.7. The predicted octanol–water partition coefficient (Wildman–Crippen LogP) is 1.83. The lowest BCUT2D eigenvalue weighted by Crippen LogP contribution is -2.65. The van der Waals surface area contributed by atoms with Crippen LogP contribution in [0.4, 0.5) is 0 Å². The Labute approximate surface area is 378 Å². The molecule has 0 aromatic heterocycles. The molecule has 0 saturated carbocycles. The zero-order valence-corrected chi connectivity index (χ0v) is 39.7. The summed E-state index contributed by atoms with van der Waals surface area (Å²) in [6.45, 7) is 13.6. The molecule has 21 atom stereocenters. The van der Waals surface area contributed by atoms with Crippen LogP contribution in [-0.4, -0.2) is 187 Å². The number of aliphatic hydroxyl groups is 5. The summed E-state index contributed by atoms with van der Waals surface area (Å²) in [5.74, 6) is -3.59. The summed E-state index contributed by atoms with van der Waals surface area (Å²) in [6.07, 6.45) is -8.49. The number of ether oxygens (including phenoxy) is 9. The Morgan fingerprint density at radius 2 is 1.52 bits per heavy atom. The second-order valence-electron chi connectivity index (χ2n) is 18.7. The number of cyclic esters (lactones) is 1. The van der Waals surface area contributed by atoms with Crippen LogP contribution in [0.3, 0.4) is 0 Å². The minimum atomic E-state index is -1.49. The highest BCUT2D eigenvalue weighted by atomic mass is 16.7. The number of hydrogen-bond acceptors (Lipinski definition) is 18. The van der Waals surface area contributed by atoms with Crippen LogP contribution in [0.1, 0.15) is 87.5 Å². The molecule has 5 N–H and O–H groups in total. The minimum absolute atomic E-state index is 0.00788. The molecule has 0 aliphatic carbocycles. The van der Waals surface area contributed by atoms with E-state index in [0.717, 1.165) is 6.29 Å². The van der Waals surface area contributed by atoms with E-state index in [-0.39, 0.29) is 31.7 Å². The van der Waals surface area contributed by atoms with Gasteiger partial charge in [0.25, 0.3) is 0 Å². The Balaban J connectivity index is 1.62. The van der Waals surface area contributed by atoms with Gasteiger partial charge in [-0.15, -0.1) is 0 Å². The summed E-state index contributed by atoms with van der Waals surface area (Å²) in [5.41, 5.74) is -0.806. The van der Waals surface area contributed by atoms with E-state index in [0.29, 0.717) is 12.0 Å². The fraction of sp³-hybridized carbons (Fsp3) is 0.848. The maximum Gasteiger partial charge on any atom is 0.308 e. The number of aliphatic hydroxyl groups excluding tert-OH is 4. The molecule has 18 nitrogen and oxygen atoms in total. The largest absolute Gasteiger partial charge is 0.462 e. The number of carbonyl (C=O) groups excluding carboxylic acids is 3. The predicted molar refractivity (Wildman–Crippen MR) is 230 cm³/mol. The lowest BCUT2D eigenvalue weighted by Gasteiger charge is -2.50. The maximum absolute atomic E-state index is 13.8. The van der Waals surface area contributed by atoms with E-state index in [9.17, 15) is 39.9 Å². The average molecular weight is 916 g/mol. The number of allylic oxidation sites excluding steroid dienone is 3. The Morgan fingerprint density at radius 3 is 2.11 bits per heavy atom. The van der Waals surface area contributed by atoms with Crippen LogP contribution in [0.5, 0.6) is 0 Å². The van der Waals surface area contributed by atoms with Crippen molar-refractivity contribution in [2.24, 2.45) is 23.7 Å². The molecule has 18 heteroatoms. The Morgan fingerprint density at radius 1 is 0.859 bits per heavy atom. The SMILES string of the molecule is CC[C@H]1OC(=O)C[C@@H](O)[C@H](C)[C@@H](O[C@@H]2OC(C)[C@H](O[C@H]3CC(C)(O)[C@@H](O)C(C)O3)C(N(C)C)C2O)[C@@H](CC=O)C[C@@H](C)C(=O)/C=C/C(C)=C/[C@@H]1CO[C@@H]1OC(C)[C@H](O)[C@H](OC)C1OC. The summed E-state index contributed by atoms with van der Waals surface area (Å²) in [7, 11) is 6.43. The molecule has 3 fully saturated rings. The molecule has 4 heterocycles. The first kappa shape index (κ1) is 54.3. The van der Waals surface area contributed by atoms with Gasteiger partial charge < -0.3 is 77.9 Å². The number of ketones is 1. The van der Waals surface area contributed by atoms with Crippen LogP contribution < -0.4 is 0 Å². The minimum Gasteiger partial charge on any atom is -0.462 e. The van der Waals surface area contributed by atoms with Gasteiger partial charge in [0.15, 0.2) is 24.7 Å². The molecular weight excluding hydrogens is 838 g/mol. The average Bonchev–Trinajstić information content (AvgIpc) is 3.23. The van der Waals surface area contributed by atoms with Gasteiger partial charge in [-0.25, -0.2) is 0 Å². The fourth-order valence-corrected chi connectivity index (χ4v) is 9.51. The molecule has 0 amide bonds. The highest BCUT2D eigenvalue weighted by molar-refractivity contribution is 5.91. The number of methoxy groups -OCH3 is 2. The van der Waals surface area contributed by atoms with E-state index < -0.39 is 140 Å². The van der Waals surface area contributed by atoms with E-state index >= 15 is 0 Å². The van der Waals surface area contributed by atoms with Crippen molar-refractivity contribution in [2.75, 3.05) is 34.9 Å². The van der Waals surface area contributed by atoms with Gasteiger partial charge in [-0.3, -0.25) is 9.59 Å². The molecule has 3 saturated heterocycles. The summed E-state index contributed by atoms with van der Waals surface area (Å²) in [6, 6.07) is -0.748. The third kappa shape index (κ3) is 13.5. The van der Waals surface area contributed by atoms with Crippen molar-refractivity contribution in [3.63, 3.8) is 0 Å². The quantitative estimate of drug-likeness (QED) is 0.131. The van der Waals surface area contributed by atoms with Crippen LogP contribution >= 0.6 is 0 Å². The zero-order valence-electron chi connectivity index (χ0n) is 39.7. The Kier molecular flexibility index (Phi) is 20.5. The molecule has 4 aliphatic rings. The van der Waals surface area contributed by atoms with Gasteiger partial charge in [-0.05, 0) is 73.5 Å². The number of rotatable bonds is 13. The van der Waals surface area contributed by atoms with Crippen molar-refractivity contribution in [2.45, 2.75) is 191 Å². The number of nitrogens with zero attached hydrogens (tertiary/aromatic N) is 1. The molecular formula is C46H77NO17. The number of hydrogen-bond donors (Lipinski definition) is 5.